The molecule has 4 rings (SSSR count). The lowest BCUT2D eigenvalue weighted by atomic mass is 9.53. The maximum Gasteiger partial charge on any atom is 0.237 e. The van der Waals surface area contributed by atoms with Crippen molar-refractivity contribution < 1.29 is 18.7 Å². The second-order valence-corrected chi connectivity index (χ2v) is 15.7. The van der Waals surface area contributed by atoms with Gasteiger partial charge in [-0.15, -0.1) is 0 Å². The number of ketones is 1. The molecule has 0 N–H and O–H groups in total. The number of carbonyl (C=O) groups is 1. The molecule has 0 saturated heterocycles. The highest BCUT2D eigenvalue weighted by Crippen LogP contribution is 2.62. The van der Waals surface area contributed by atoms with Gasteiger partial charge in [0.2, 0.25) is 11.6 Å². The van der Waals surface area contributed by atoms with Crippen molar-refractivity contribution in [3.8, 4) is 0 Å². The minimum Gasteiger partial charge on any atom is -0.413 e. The van der Waals surface area contributed by atoms with Crippen LogP contribution in [0.15, 0.2) is 10.6 Å². The third-order valence-corrected chi connectivity index (χ3v) is 13.0. The SMILES string of the molecule is COC1(OC)C(=O)C23C=C(Br)C1C[C@@H]2CCCC[C@@H]3O[Si](C)(C)C(C)(C)C. The lowest BCUT2D eigenvalue weighted by molar-refractivity contribution is -0.253. The van der Waals surface area contributed by atoms with Gasteiger partial charge in [0.05, 0.1) is 17.4 Å². The largest absolute Gasteiger partial charge is 0.413 e. The normalized spacial score (nSPS) is 36.2. The zero-order valence-electron chi connectivity index (χ0n) is 17.9. The van der Waals surface area contributed by atoms with Gasteiger partial charge in [0, 0.05) is 18.7 Å². The van der Waals surface area contributed by atoms with E-state index in [0.717, 1.165) is 36.6 Å². The summed E-state index contributed by atoms with van der Waals surface area (Å²) in [6.07, 6.45) is 7.21. The van der Waals surface area contributed by atoms with Gasteiger partial charge < -0.3 is 13.9 Å². The molecule has 0 aromatic rings. The van der Waals surface area contributed by atoms with Crippen molar-refractivity contribution in [3.05, 3.63) is 10.6 Å². The van der Waals surface area contributed by atoms with Gasteiger partial charge in [-0.3, -0.25) is 4.79 Å². The highest BCUT2D eigenvalue weighted by molar-refractivity contribution is 9.11. The molecule has 2 fully saturated rings. The van der Waals surface area contributed by atoms with Crippen molar-refractivity contribution in [3.63, 3.8) is 0 Å². The van der Waals surface area contributed by atoms with E-state index < -0.39 is 19.5 Å². The van der Waals surface area contributed by atoms with Crippen LogP contribution in [-0.2, 0) is 18.7 Å². The standard InChI is InChI=1S/C21H35BrO4Si/c1-19(2,3)27(6,7)26-17-11-9-8-10-14-12-15-16(22)13-20(14,17)18(23)21(15,24-4)25-5/h13-15,17H,8-12H2,1-7H3/t14-,15?,17-,20?/m0/s1. The molecule has 4 aliphatic carbocycles. The fourth-order valence-electron chi connectivity index (χ4n) is 5.15. The van der Waals surface area contributed by atoms with E-state index in [0.29, 0.717) is 5.92 Å². The minimum absolute atomic E-state index is 0.0649. The molecular weight excluding hydrogens is 424 g/mol. The number of fused-ring (bicyclic) bond motifs is 1. The summed E-state index contributed by atoms with van der Waals surface area (Å²) in [6, 6.07) is 0. The van der Waals surface area contributed by atoms with Crippen LogP contribution < -0.4 is 0 Å². The summed E-state index contributed by atoms with van der Waals surface area (Å²) in [4.78, 5) is 14.0. The van der Waals surface area contributed by atoms with Crippen molar-refractivity contribution in [2.45, 2.75) is 82.9 Å². The molecule has 0 aromatic heterocycles. The van der Waals surface area contributed by atoms with Gasteiger partial charge in [0.15, 0.2) is 8.32 Å². The van der Waals surface area contributed by atoms with Crippen molar-refractivity contribution in [2.75, 3.05) is 14.2 Å². The maximum atomic E-state index is 14.0. The first-order valence-corrected chi connectivity index (χ1v) is 13.9. The molecule has 0 aliphatic heterocycles. The summed E-state index contributed by atoms with van der Waals surface area (Å²) in [5.74, 6) is -0.913. The van der Waals surface area contributed by atoms with Gasteiger partial charge in [-0.2, -0.15) is 0 Å². The monoisotopic (exact) mass is 458 g/mol. The zero-order chi connectivity index (χ0) is 20.3. The van der Waals surface area contributed by atoms with E-state index in [1.54, 1.807) is 14.2 Å². The van der Waals surface area contributed by atoms with Crippen LogP contribution in [-0.4, -0.2) is 40.2 Å². The van der Waals surface area contributed by atoms with E-state index in [1.165, 1.54) is 0 Å². The van der Waals surface area contributed by atoms with Crippen LogP contribution >= 0.6 is 15.9 Å². The first kappa shape index (κ1) is 21.7. The Morgan fingerprint density at radius 2 is 1.74 bits per heavy atom. The molecule has 0 heterocycles. The lowest BCUT2D eigenvalue weighted by Gasteiger charge is -2.58. The van der Waals surface area contributed by atoms with Crippen LogP contribution in [0.2, 0.25) is 18.1 Å². The second kappa shape index (κ2) is 7.05. The highest BCUT2D eigenvalue weighted by atomic mass is 79.9. The van der Waals surface area contributed by atoms with Gasteiger partial charge >= 0.3 is 0 Å². The molecular formula is C21H35BrO4Si. The molecule has 4 nitrogen and oxygen atoms in total. The Labute approximate surface area is 173 Å². The molecule has 6 heteroatoms. The molecule has 4 aliphatic rings. The van der Waals surface area contributed by atoms with Crippen LogP contribution in [0.25, 0.3) is 0 Å². The fraction of sp³-hybridized carbons (Fsp3) is 0.857. The number of hydrogen-bond acceptors (Lipinski definition) is 4. The molecule has 2 bridgehead atoms. The zero-order valence-corrected chi connectivity index (χ0v) is 20.4. The Morgan fingerprint density at radius 1 is 1.15 bits per heavy atom. The van der Waals surface area contributed by atoms with E-state index in [-0.39, 0.29) is 22.8 Å². The molecule has 0 amide bonds. The first-order chi connectivity index (χ1) is 12.5. The Hall–Kier alpha value is -0.0131. The van der Waals surface area contributed by atoms with E-state index in [1.807, 2.05) is 0 Å². The van der Waals surface area contributed by atoms with E-state index in [9.17, 15) is 4.79 Å². The smallest absolute Gasteiger partial charge is 0.237 e. The molecule has 154 valence electrons. The molecule has 4 atom stereocenters. The lowest BCUT2D eigenvalue weighted by Crippen LogP contribution is -2.68. The summed E-state index contributed by atoms with van der Waals surface area (Å²) in [7, 11) is 1.15. The molecule has 1 spiro atoms. The Morgan fingerprint density at radius 3 is 2.30 bits per heavy atom. The molecule has 27 heavy (non-hydrogen) atoms. The Kier molecular flexibility index (Phi) is 5.66. The summed E-state index contributed by atoms with van der Waals surface area (Å²) < 4.78 is 19.6. The maximum absolute atomic E-state index is 14.0. The first-order valence-electron chi connectivity index (χ1n) is 10.2. The topological polar surface area (TPSA) is 44.8 Å². The summed E-state index contributed by atoms with van der Waals surface area (Å²) >= 11 is 3.76. The molecule has 0 radical (unpaired) electrons. The van der Waals surface area contributed by atoms with Crippen molar-refractivity contribution in [1.29, 1.82) is 0 Å². The Balaban J connectivity index is 2.13. The number of halogens is 1. The Bertz CT molecular complexity index is 635. The van der Waals surface area contributed by atoms with E-state index in [2.05, 4.69) is 55.9 Å². The third kappa shape index (κ3) is 3.05. The third-order valence-electron chi connectivity index (χ3n) is 7.73. The number of ether oxygens (including phenoxy) is 2. The summed E-state index contributed by atoms with van der Waals surface area (Å²) in [5.41, 5.74) is -0.661. The van der Waals surface area contributed by atoms with Crippen LogP contribution in [0.5, 0.6) is 0 Å². The van der Waals surface area contributed by atoms with Crippen molar-refractivity contribution in [2.24, 2.45) is 17.3 Å². The second-order valence-electron chi connectivity index (χ2n) is 10.0. The van der Waals surface area contributed by atoms with E-state index in [4.69, 9.17) is 13.9 Å². The van der Waals surface area contributed by atoms with Gasteiger partial charge in [0.25, 0.3) is 0 Å². The van der Waals surface area contributed by atoms with Crippen LogP contribution in [0.4, 0.5) is 0 Å². The van der Waals surface area contributed by atoms with E-state index >= 15 is 0 Å². The molecule has 0 aromatic carbocycles. The van der Waals surface area contributed by atoms with Crippen LogP contribution in [0.1, 0.15) is 52.9 Å². The summed E-state index contributed by atoms with van der Waals surface area (Å²) in [5, 5.41) is 0.0981. The molecule has 2 unspecified atom stereocenters. The minimum atomic E-state index is -2.03. The number of hydrogen-bond donors (Lipinski definition) is 0. The average molecular weight is 459 g/mol. The fourth-order valence-corrected chi connectivity index (χ4v) is 7.39. The van der Waals surface area contributed by atoms with Gasteiger partial charge in [-0.25, -0.2) is 0 Å². The predicted octanol–water partition coefficient (Wildman–Crippen LogP) is 5.42. The van der Waals surface area contributed by atoms with Crippen molar-refractivity contribution in [1.82, 2.24) is 0 Å². The van der Waals surface area contributed by atoms with Crippen LogP contribution in [0, 0.1) is 17.3 Å². The predicted molar refractivity (Wildman–Crippen MR) is 113 cm³/mol. The van der Waals surface area contributed by atoms with Gasteiger partial charge in [-0.05, 0) is 43.3 Å². The summed E-state index contributed by atoms with van der Waals surface area (Å²) in [6.45, 7) is 11.3. The quantitative estimate of drug-likeness (QED) is 0.416. The number of Topliss-reactive ketones (excluding diaryl/α,β-unsaturated/α-hetero) is 1. The molecule has 2 saturated carbocycles. The average Bonchev–Trinajstić information content (AvgIpc) is 2.75. The van der Waals surface area contributed by atoms with Crippen molar-refractivity contribution >= 4 is 30.0 Å². The number of carbonyl (C=O) groups excluding carboxylic acids is 1. The van der Waals surface area contributed by atoms with Gasteiger partial charge in [-0.1, -0.05) is 55.6 Å². The number of rotatable bonds is 4. The highest BCUT2D eigenvalue weighted by Gasteiger charge is 2.69. The van der Waals surface area contributed by atoms with Crippen LogP contribution in [0.3, 0.4) is 0 Å². The van der Waals surface area contributed by atoms with Gasteiger partial charge in [0.1, 0.15) is 0 Å². The number of methoxy groups -OCH3 is 2.